The Kier molecular flexibility index (Phi) is 6.78. The van der Waals surface area contributed by atoms with Crippen LogP contribution in [0.25, 0.3) is 11.0 Å². The fourth-order valence-corrected chi connectivity index (χ4v) is 5.32. The van der Waals surface area contributed by atoms with Crippen LogP contribution in [0.3, 0.4) is 0 Å². The Morgan fingerprint density at radius 2 is 1.87 bits per heavy atom. The molecule has 162 valence electrons. The monoisotopic (exact) mass is 480 g/mol. The Balaban J connectivity index is 0.00000272. The fourth-order valence-electron chi connectivity index (χ4n) is 2.81. The van der Waals surface area contributed by atoms with Crippen molar-refractivity contribution in [3.63, 3.8) is 0 Å². The Morgan fingerprint density at radius 3 is 2.61 bits per heavy atom. The van der Waals surface area contributed by atoms with Crippen LogP contribution < -0.4 is 4.72 Å². The lowest BCUT2D eigenvalue weighted by Crippen LogP contribution is -2.14. The van der Waals surface area contributed by atoms with Crippen molar-refractivity contribution in [1.82, 2.24) is 4.98 Å². The van der Waals surface area contributed by atoms with Gasteiger partial charge in [0.2, 0.25) is 11.0 Å². The Bertz CT molecular complexity index is 1340. The number of pyridine rings is 1. The predicted octanol–water partition coefficient (Wildman–Crippen LogP) is 5.37. The van der Waals surface area contributed by atoms with E-state index in [-0.39, 0.29) is 39.4 Å². The van der Waals surface area contributed by atoms with Gasteiger partial charge in [0.25, 0.3) is 10.0 Å². The summed E-state index contributed by atoms with van der Waals surface area (Å²) in [4.78, 5) is 3.69. The van der Waals surface area contributed by atoms with E-state index < -0.39 is 26.8 Å². The third kappa shape index (κ3) is 4.95. The van der Waals surface area contributed by atoms with Gasteiger partial charge in [0.05, 0.1) is 27.1 Å². The van der Waals surface area contributed by atoms with Crippen LogP contribution in [0.1, 0.15) is 13.0 Å². The summed E-state index contributed by atoms with van der Waals surface area (Å²) in [5, 5.41) is 0.573. The van der Waals surface area contributed by atoms with E-state index in [4.69, 9.17) is 16.0 Å². The maximum absolute atomic E-state index is 13.8. The Labute approximate surface area is 186 Å². The molecule has 2 aromatic heterocycles. The molecule has 0 bridgehead atoms. The number of nitrogens with one attached hydrogen (secondary N) is 1. The van der Waals surface area contributed by atoms with E-state index in [0.29, 0.717) is 11.0 Å². The number of nitrogens with zero attached hydrogens (tertiary/aromatic N) is 1. The van der Waals surface area contributed by atoms with Crippen LogP contribution in [0, 0.1) is 5.95 Å². The largest absolute Gasteiger partial charge is 0.443 e. The number of fused-ring (bicyclic) bond motifs is 1. The summed E-state index contributed by atoms with van der Waals surface area (Å²) in [7, 11) is -5.89. The van der Waals surface area contributed by atoms with Crippen molar-refractivity contribution in [2.75, 3.05) is 4.72 Å². The first kappa shape index (κ1) is 22.9. The maximum atomic E-state index is 13.8. The van der Waals surface area contributed by atoms with Gasteiger partial charge < -0.3 is 4.42 Å². The summed E-state index contributed by atoms with van der Waals surface area (Å²) < 4.78 is 60.2. The molecule has 4 aromatic rings. The lowest BCUT2D eigenvalue weighted by atomic mass is 10.3. The molecule has 0 saturated carbocycles. The molecular formula is C21H18ClFN2O4S2. The number of hydrogen-bond acceptors (Lipinski definition) is 5. The number of rotatable bonds is 6. The molecule has 0 aliphatic rings. The van der Waals surface area contributed by atoms with Crippen molar-refractivity contribution < 1.29 is 21.4 Å². The molecule has 0 aliphatic carbocycles. The molecule has 0 aliphatic heterocycles. The zero-order valence-electron chi connectivity index (χ0n) is 15.2. The molecule has 2 aromatic carbocycles. The molecule has 0 amide bonds. The summed E-state index contributed by atoms with van der Waals surface area (Å²) in [5.41, 5.74) is 0.585. The van der Waals surface area contributed by atoms with Crippen LogP contribution in [0.5, 0.6) is 0 Å². The number of hydrogen-bond donors (Lipinski definition) is 1. The molecular weight excluding hydrogens is 463 g/mol. The molecule has 10 heteroatoms. The van der Waals surface area contributed by atoms with E-state index >= 15 is 0 Å². The second kappa shape index (κ2) is 9.17. The molecule has 2 heterocycles. The summed E-state index contributed by atoms with van der Waals surface area (Å²) in [6, 6.07) is 15.5. The molecule has 1 atom stereocenters. The van der Waals surface area contributed by atoms with Crippen molar-refractivity contribution in [2.45, 2.75) is 23.2 Å². The summed E-state index contributed by atoms with van der Waals surface area (Å²) in [6.45, 7) is 0. The number of furan rings is 1. The van der Waals surface area contributed by atoms with Gasteiger partial charge in [-0.25, -0.2) is 4.98 Å². The highest BCUT2D eigenvalue weighted by atomic mass is 35.5. The van der Waals surface area contributed by atoms with Crippen LogP contribution in [-0.4, -0.2) is 17.6 Å². The van der Waals surface area contributed by atoms with Gasteiger partial charge in [-0.1, -0.05) is 43.3 Å². The molecule has 1 unspecified atom stereocenters. The van der Waals surface area contributed by atoms with Crippen LogP contribution in [0.2, 0.25) is 5.02 Å². The standard InChI is InChI=1S/C20H14ClFN2O4S2.CH4/c21-15-7-8-18(29(25)12-14-5-3-9-23-20(14)22)16(11-15)24-30(26,27)19-10-13-4-1-2-6-17(13)28-19;/h1-11,24H,12H2;1H4. The molecule has 6 nitrogen and oxygen atoms in total. The maximum Gasteiger partial charge on any atom is 0.295 e. The fraction of sp³-hybridized carbons (Fsp3) is 0.0952. The molecule has 0 fully saturated rings. The molecule has 0 radical (unpaired) electrons. The number of sulfonamides is 1. The average Bonchev–Trinajstić information content (AvgIpc) is 3.15. The first-order chi connectivity index (χ1) is 14.3. The van der Waals surface area contributed by atoms with Gasteiger partial charge in [-0.2, -0.15) is 12.8 Å². The average molecular weight is 481 g/mol. The molecule has 1 N–H and O–H groups in total. The highest BCUT2D eigenvalue weighted by Crippen LogP contribution is 2.30. The minimum Gasteiger partial charge on any atom is -0.443 e. The van der Waals surface area contributed by atoms with Crippen LogP contribution in [-0.2, 0) is 26.6 Å². The van der Waals surface area contributed by atoms with Gasteiger partial charge in [-0.3, -0.25) is 8.93 Å². The first-order valence-electron chi connectivity index (χ1n) is 8.62. The number of para-hydroxylation sites is 1. The topological polar surface area (TPSA) is 89.3 Å². The number of aromatic nitrogens is 1. The van der Waals surface area contributed by atoms with E-state index in [2.05, 4.69) is 9.71 Å². The predicted molar refractivity (Wildman–Crippen MR) is 120 cm³/mol. The van der Waals surface area contributed by atoms with E-state index in [1.165, 1.54) is 42.6 Å². The minimum absolute atomic E-state index is 0. The van der Waals surface area contributed by atoms with Crippen molar-refractivity contribution in [3.8, 4) is 0 Å². The molecule has 31 heavy (non-hydrogen) atoms. The third-order valence-corrected chi connectivity index (χ3v) is 7.10. The van der Waals surface area contributed by atoms with Crippen molar-refractivity contribution in [2.24, 2.45) is 0 Å². The number of halogens is 2. The Morgan fingerprint density at radius 1 is 1.10 bits per heavy atom. The summed E-state index contributed by atoms with van der Waals surface area (Å²) in [5.74, 6) is -0.912. The van der Waals surface area contributed by atoms with Crippen molar-refractivity contribution in [1.29, 1.82) is 0 Å². The first-order valence-corrected chi connectivity index (χ1v) is 11.8. The minimum atomic E-state index is -4.13. The summed E-state index contributed by atoms with van der Waals surface area (Å²) >= 11 is 6.02. The quantitative estimate of drug-likeness (QED) is 0.375. The molecule has 0 spiro atoms. The molecule has 0 saturated heterocycles. The van der Waals surface area contributed by atoms with Gasteiger partial charge in [0.15, 0.2) is 0 Å². The van der Waals surface area contributed by atoms with E-state index in [9.17, 15) is 17.0 Å². The van der Waals surface area contributed by atoms with Gasteiger partial charge >= 0.3 is 0 Å². The smallest absolute Gasteiger partial charge is 0.295 e. The lowest BCUT2D eigenvalue weighted by molar-refractivity contribution is 0.484. The van der Waals surface area contributed by atoms with Crippen molar-refractivity contribution in [3.05, 3.63) is 83.4 Å². The zero-order chi connectivity index (χ0) is 21.3. The highest BCUT2D eigenvalue weighted by Gasteiger charge is 2.23. The van der Waals surface area contributed by atoms with E-state index in [1.54, 1.807) is 24.3 Å². The highest BCUT2D eigenvalue weighted by molar-refractivity contribution is 7.92. The second-order valence-electron chi connectivity index (χ2n) is 6.29. The summed E-state index contributed by atoms with van der Waals surface area (Å²) in [6.07, 6.45) is 1.29. The lowest BCUT2D eigenvalue weighted by Gasteiger charge is -2.12. The SMILES string of the molecule is C.O=S(Cc1cccnc1F)c1ccc(Cl)cc1NS(=O)(=O)c1cc2ccccc2o1. The van der Waals surface area contributed by atoms with Gasteiger partial charge in [0.1, 0.15) is 5.58 Å². The van der Waals surface area contributed by atoms with Crippen LogP contribution >= 0.6 is 11.6 Å². The number of benzene rings is 2. The van der Waals surface area contributed by atoms with E-state index in [1.807, 2.05) is 0 Å². The van der Waals surface area contributed by atoms with Crippen LogP contribution in [0.4, 0.5) is 10.1 Å². The normalized spacial score (nSPS) is 12.3. The van der Waals surface area contributed by atoms with Crippen LogP contribution in [0.15, 0.2) is 81.3 Å². The van der Waals surface area contributed by atoms with Crippen molar-refractivity contribution >= 4 is 49.1 Å². The second-order valence-corrected chi connectivity index (χ2v) is 9.76. The van der Waals surface area contributed by atoms with Gasteiger partial charge in [-0.15, -0.1) is 0 Å². The van der Waals surface area contributed by atoms with Gasteiger partial charge in [-0.05, 0) is 30.3 Å². The third-order valence-electron chi connectivity index (χ3n) is 4.22. The molecule has 4 rings (SSSR count). The zero-order valence-corrected chi connectivity index (χ0v) is 17.6. The van der Waals surface area contributed by atoms with E-state index in [0.717, 1.165) is 0 Å². The Hall–Kier alpha value is -2.75. The number of anilines is 1. The van der Waals surface area contributed by atoms with Gasteiger partial charge in [0, 0.05) is 28.2 Å².